The Morgan fingerprint density at radius 3 is 3.00 bits per heavy atom. The number of rotatable bonds is 3. The third kappa shape index (κ3) is 2.38. The standard InChI is InChI=1S/C8H14N4/c1-3-8(9)10-6-7-4-5-12(2)11-7/h4-5H,3,6H2,1-2H3,(H2,9,10). The molecule has 1 aromatic heterocycles. The molecule has 0 fully saturated rings. The summed E-state index contributed by atoms with van der Waals surface area (Å²) in [4.78, 5) is 4.14. The van der Waals surface area contributed by atoms with Gasteiger partial charge in [0.25, 0.3) is 0 Å². The topological polar surface area (TPSA) is 56.2 Å². The lowest BCUT2D eigenvalue weighted by atomic mass is 10.4. The fourth-order valence-corrected chi connectivity index (χ4v) is 0.842. The van der Waals surface area contributed by atoms with Gasteiger partial charge in [0.15, 0.2) is 0 Å². The lowest BCUT2D eigenvalue weighted by Gasteiger charge is -1.93. The molecule has 4 nitrogen and oxygen atoms in total. The first-order valence-corrected chi connectivity index (χ1v) is 3.99. The summed E-state index contributed by atoms with van der Waals surface area (Å²) < 4.78 is 1.76. The number of hydrogen-bond acceptors (Lipinski definition) is 2. The smallest absolute Gasteiger partial charge is 0.0939 e. The van der Waals surface area contributed by atoms with Gasteiger partial charge in [0.2, 0.25) is 0 Å². The van der Waals surface area contributed by atoms with Gasteiger partial charge in [-0.1, -0.05) is 6.92 Å². The van der Waals surface area contributed by atoms with Gasteiger partial charge in [0, 0.05) is 19.7 Å². The summed E-state index contributed by atoms with van der Waals surface area (Å²) in [6.45, 7) is 2.57. The van der Waals surface area contributed by atoms with Crippen molar-refractivity contribution in [2.24, 2.45) is 17.8 Å². The number of hydrogen-bond donors (Lipinski definition) is 1. The van der Waals surface area contributed by atoms with Crippen LogP contribution in [0.15, 0.2) is 17.3 Å². The van der Waals surface area contributed by atoms with Crippen molar-refractivity contribution < 1.29 is 0 Å². The average Bonchev–Trinajstić information content (AvgIpc) is 2.47. The molecular formula is C8H14N4. The quantitative estimate of drug-likeness (QED) is 0.530. The lowest BCUT2D eigenvalue weighted by molar-refractivity contribution is 0.742. The first-order chi connectivity index (χ1) is 5.72. The number of nitrogens with zero attached hydrogens (tertiary/aromatic N) is 3. The van der Waals surface area contributed by atoms with E-state index in [1.54, 1.807) is 4.68 Å². The van der Waals surface area contributed by atoms with Crippen LogP contribution in [0.4, 0.5) is 0 Å². The number of nitrogens with two attached hydrogens (primary N) is 1. The van der Waals surface area contributed by atoms with Crippen LogP contribution >= 0.6 is 0 Å². The molecule has 1 heterocycles. The summed E-state index contributed by atoms with van der Waals surface area (Å²) in [5.41, 5.74) is 6.50. The number of amidine groups is 1. The predicted molar refractivity (Wildman–Crippen MR) is 48.8 cm³/mol. The normalized spacial score (nSPS) is 12.0. The van der Waals surface area contributed by atoms with Crippen molar-refractivity contribution in [1.82, 2.24) is 9.78 Å². The predicted octanol–water partition coefficient (Wildman–Crippen LogP) is 0.687. The van der Waals surface area contributed by atoms with E-state index in [1.165, 1.54) is 0 Å². The third-order valence-corrected chi connectivity index (χ3v) is 1.58. The van der Waals surface area contributed by atoms with Gasteiger partial charge in [-0.05, 0) is 6.07 Å². The molecule has 0 spiro atoms. The van der Waals surface area contributed by atoms with E-state index in [1.807, 2.05) is 26.2 Å². The highest BCUT2D eigenvalue weighted by Gasteiger charge is 1.94. The van der Waals surface area contributed by atoms with E-state index >= 15 is 0 Å². The largest absolute Gasteiger partial charge is 0.387 e. The van der Waals surface area contributed by atoms with Gasteiger partial charge in [-0.15, -0.1) is 0 Å². The Morgan fingerprint density at radius 2 is 2.50 bits per heavy atom. The Hall–Kier alpha value is -1.32. The first-order valence-electron chi connectivity index (χ1n) is 3.99. The zero-order valence-corrected chi connectivity index (χ0v) is 7.49. The Bertz CT molecular complexity index is 274. The van der Waals surface area contributed by atoms with Crippen molar-refractivity contribution in [3.8, 4) is 0 Å². The summed E-state index contributed by atoms with van der Waals surface area (Å²) in [5.74, 6) is 0.681. The van der Waals surface area contributed by atoms with Gasteiger partial charge in [-0.3, -0.25) is 9.67 Å². The molecule has 0 aromatic carbocycles. The molecular weight excluding hydrogens is 152 g/mol. The van der Waals surface area contributed by atoms with Crippen LogP contribution in [0.25, 0.3) is 0 Å². The molecule has 0 atom stereocenters. The summed E-state index contributed by atoms with van der Waals surface area (Å²) in [7, 11) is 1.89. The minimum atomic E-state index is 0.584. The van der Waals surface area contributed by atoms with Crippen molar-refractivity contribution in [2.75, 3.05) is 0 Å². The molecule has 0 aliphatic rings. The highest BCUT2D eigenvalue weighted by atomic mass is 15.2. The minimum Gasteiger partial charge on any atom is -0.387 e. The van der Waals surface area contributed by atoms with Crippen LogP contribution in [-0.2, 0) is 13.6 Å². The van der Waals surface area contributed by atoms with Crippen molar-refractivity contribution >= 4 is 5.84 Å². The third-order valence-electron chi connectivity index (χ3n) is 1.58. The molecule has 0 saturated heterocycles. The van der Waals surface area contributed by atoms with Gasteiger partial charge in [-0.2, -0.15) is 5.10 Å². The molecule has 66 valence electrons. The average molecular weight is 166 g/mol. The van der Waals surface area contributed by atoms with Crippen LogP contribution in [0.2, 0.25) is 0 Å². The Morgan fingerprint density at radius 1 is 1.75 bits per heavy atom. The Balaban J connectivity index is 2.53. The van der Waals surface area contributed by atoms with Crippen molar-refractivity contribution in [3.05, 3.63) is 18.0 Å². The first kappa shape index (κ1) is 8.77. The van der Waals surface area contributed by atoms with Crippen LogP contribution in [0.1, 0.15) is 19.0 Å². The molecule has 1 aromatic rings. The summed E-state index contributed by atoms with van der Waals surface area (Å²) in [5, 5.41) is 4.17. The van der Waals surface area contributed by atoms with Crippen LogP contribution in [0.3, 0.4) is 0 Å². The van der Waals surface area contributed by atoms with Crippen LogP contribution < -0.4 is 5.73 Å². The molecule has 4 heteroatoms. The lowest BCUT2D eigenvalue weighted by Crippen LogP contribution is -2.09. The molecule has 0 aliphatic heterocycles. The van der Waals surface area contributed by atoms with E-state index in [9.17, 15) is 0 Å². The Kier molecular flexibility index (Phi) is 2.85. The number of aliphatic imine (C=N–C) groups is 1. The van der Waals surface area contributed by atoms with E-state index in [2.05, 4.69) is 10.1 Å². The summed E-state index contributed by atoms with van der Waals surface area (Å²) in [6, 6.07) is 1.94. The molecule has 2 N–H and O–H groups in total. The number of aromatic nitrogens is 2. The van der Waals surface area contributed by atoms with E-state index < -0.39 is 0 Å². The van der Waals surface area contributed by atoms with Crippen molar-refractivity contribution in [3.63, 3.8) is 0 Å². The second-order valence-corrected chi connectivity index (χ2v) is 2.64. The SMILES string of the molecule is CCC(N)=NCc1ccn(C)n1. The van der Waals surface area contributed by atoms with Crippen LogP contribution in [0.5, 0.6) is 0 Å². The second kappa shape index (κ2) is 3.90. The van der Waals surface area contributed by atoms with Gasteiger partial charge in [0.05, 0.1) is 18.1 Å². The summed E-state index contributed by atoms with van der Waals surface area (Å²) in [6.07, 6.45) is 2.69. The molecule has 0 aliphatic carbocycles. The fourth-order valence-electron chi connectivity index (χ4n) is 0.842. The highest BCUT2D eigenvalue weighted by Crippen LogP contribution is 1.96. The van der Waals surface area contributed by atoms with E-state index in [4.69, 9.17) is 5.73 Å². The van der Waals surface area contributed by atoms with Gasteiger partial charge in [-0.25, -0.2) is 0 Å². The van der Waals surface area contributed by atoms with Crippen LogP contribution in [-0.4, -0.2) is 15.6 Å². The monoisotopic (exact) mass is 166 g/mol. The fraction of sp³-hybridized carbons (Fsp3) is 0.500. The molecule has 0 amide bonds. The van der Waals surface area contributed by atoms with E-state index in [0.29, 0.717) is 12.4 Å². The van der Waals surface area contributed by atoms with Crippen LogP contribution in [0, 0.1) is 0 Å². The van der Waals surface area contributed by atoms with Crippen molar-refractivity contribution in [2.45, 2.75) is 19.9 Å². The van der Waals surface area contributed by atoms with Gasteiger partial charge >= 0.3 is 0 Å². The molecule has 12 heavy (non-hydrogen) atoms. The maximum atomic E-state index is 5.54. The summed E-state index contributed by atoms with van der Waals surface area (Å²) >= 11 is 0. The maximum Gasteiger partial charge on any atom is 0.0939 e. The van der Waals surface area contributed by atoms with Crippen molar-refractivity contribution in [1.29, 1.82) is 0 Å². The molecule has 0 unspecified atom stereocenters. The maximum absolute atomic E-state index is 5.54. The van der Waals surface area contributed by atoms with E-state index in [0.717, 1.165) is 12.1 Å². The van der Waals surface area contributed by atoms with E-state index in [-0.39, 0.29) is 0 Å². The zero-order chi connectivity index (χ0) is 8.97. The number of aryl methyl sites for hydroxylation is 1. The molecule has 1 rings (SSSR count). The highest BCUT2D eigenvalue weighted by molar-refractivity contribution is 5.79. The minimum absolute atomic E-state index is 0.584. The van der Waals surface area contributed by atoms with Gasteiger partial charge < -0.3 is 5.73 Å². The molecule has 0 bridgehead atoms. The molecule has 0 radical (unpaired) electrons. The Labute approximate surface area is 72.1 Å². The molecule has 0 saturated carbocycles. The zero-order valence-electron chi connectivity index (χ0n) is 7.49. The second-order valence-electron chi connectivity index (χ2n) is 2.64. The van der Waals surface area contributed by atoms with Gasteiger partial charge in [0.1, 0.15) is 0 Å².